The lowest BCUT2D eigenvalue weighted by Gasteiger charge is -2.11. The molecule has 1 fully saturated rings. The van der Waals surface area contributed by atoms with Gasteiger partial charge in [-0.15, -0.1) is 5.10 Å². The van der Waals surface area contributed by atoms with Crippen molar-refractivity contribution in [3.63, 3.8) is 0 Å². The maximum atomic E-state index is 5.44. The number of nitrogens with zero attached hydrogens (tertiary/aromatic N) is 6. The molecular weight excluding hydrogens is 304 g/mol. The molecule has 0 saturated heterocycles. The highest BCUT2D eigenvalue weighted by molar-refractivity contribution is 5.89. The molecule has 24 heavy (non-hydrogen) atoms. The summed E-state index contributed by atoms with van der Waals surface area (Å²) in [6.45, 7) is 2.08. The molecule has 0 aromatic carbocycles. The Labute approximate surface area is 138 Å². The van der Waals surface area contributed by atoms with E-state index in [4.69, 9.17) is 14.4 Å². The molecule has 0 aliphatic heterocycles. The Kier molecular flexibility index (Phi) is 2.95. The van der Waals surface area contributed by atoms with Gasteiger partial charge in [0, 0.05) is 6.42 Å². The van der Waals surface area contributed by atoms with E-state index in [1.165, 1.54) is 25.7 Å². The van der Waals surface area contributed by atoms with E-state index in [1.54, 1.807) is 6.26 Å². The summed E-state index contributed by atoms with van der Waals surface area (Å²) in [4.78, 5) is 9.55. The van der Waals surface area contributed by atoms with Gasteiger partial charge in [0.05, 0.1) is 23.9 Å². The average molecular weight is 322 g/mol. The van der Waals surface area contributed by atoms with Gasteiger partial charge in [-0.1, -0.05) is 19.8 Å². The molecule has 0 unspecified atom stereocenters. The topological polar surface area (TPSA) is 74.0 Å². The van der Waals surface area contributed by atoms with Crippen LogP contribution < -0.4 is 0 Å². The molecule has 0 radical (unpaired) electrons. The predicted molar refractivity (Wildman–Crippen MR) is 88.7 cm³/mol. The number of aryl methyl sites for hydroxylation is 1. The molecule has 4 aromatic rings. The summed E-state index contributed by atoms with van der Waals surface area (Å²) < 4.78 is 9.35. The predicted octanol–water partition coefficient (Wildman–Crippen LogP) is 3.41. The van der Waals surface area contributed by atoms with E-state index in [9.17, 15) is 0 Å². The lowest BCUT2D eigenvalue weighted by Crippen LogP contribution is -2.09. The van der Waals surface area contributed by atoms with Crippen molar-refractivity contribution in [2.75, 3.05) is 0 Å². The van der Waals surface area contributed by atoms with Crippen LogP contribution in [0.5, 0.6) is 0 Å². The van der Waals surface area contributed by atoms with Crippen LogP contribution in [0.3, 0.4) is 0 Å². The molecule has 7 nitrogen and oxygen atoms in total. The number of fused-ring (bicyclic) bond motifs is 3. The fourth-order valence-corrected chi connectivity index (χ4v) is 3.62. The molecule has 0 bridgehead atoms. The van der Waals surface area contributed by atoms with E-state index in [2.05, 4.69) is 21.8 Å². The van der Waals surface area contributed by atoms with E-state index < -0.39 is 0 Å². The van der Waals surface area contributed by atoms with Crippen LogP contribution in [-0.2, 0) is 6.42 Å². The van der Waals surface area contributed by atoms with Gasteiger partial charge in [0.2, 0.25) is 5.82 Å². The van der Waals surface area contributed by atoms with Crippen LogP contribution in [0, 0.1) is 0 Å². The molecule has 1 aliphatic carbocycles. The monoisotopic (exact) mass is 322 g/mol. The second-order valence-electron chi connectivity index (χ2n) is 6.29. The van der Waals surface area contributed by atoms with Crippen molar-refractivity contribution in [1.82, 2.24) is 29.4 Å². The van der Waals surface area contributed by atoms with Crippen molar-refractivity contribution in [3.8, 4) is 11.6 Å². The highest BCUT2D eigenvalue weighted by atomic mass is 16.3. The maximum absolute atomic E-state index is 5.44. The number of hydrogen-bond acceptors (Lipinski definition) is 5. The Morgan fingerprint density at radius 2 is 2.08 bits per heavy atom. The molecule has 0 N–H and O–H groups in total. The van der Waals surface area contributed by atoms with Gasteiger partial charge in [0.25, 0.3) is 0 Å². The Morgan fingerprint density at radius 3 is 2.83 bits per heavy atom. The molecule has 122 valence electrons. The number of aromatic nitrogens is 6. The summed E-state index contributed by atoms with van der Waals surface area (Å²) in [6.07, 6.45) is 9.17. The first-order valence-corrected chi connectivity index (χ1v) is 8.52. The Hall–Kier alpha value is -2.70. The van der Waals surface area contributed by atoms with Crippen LogP contribution in [0.2, 0.25) is 0 Å². The van der Waals surface area contributed by atoms with Crippen LogP contribution in [-0.4, -0.2) is 29.4 Å². The molecule has 7 heteroatoms. The molecule has 5 rings (SSSR count). The van der Waals surface area contributed by atoms with Gasteiger partial charge >= 0.3 is 0 Å². The summed E-state index contributed by atoms with van der Waals surface area (Å²) in [7, 11) is 0. The Morgan fingerprint density at radius 1 is 1.21 bits per heavy atom. The van der Waals surface area contributed by atoms with Crippen molar-refractivity contribution >= 4 is 16.7 Å². The van der Waals surface area contributed by atoms with Gasteiger partial charge in [-0.25, -0.2) is 14.6 Å². The molecule has 0 spiro atoms. The van der Waals surface area contributed by atoms with Gasteiger partial charge in [-0.3, -0.25) is 0 Å². The third-order valence-corrected chi connectivity index (χ3v) is 4.83. The fraction of sp³-hybridized carbons (Fsp3) is 0.412. The zero-order chi connectivity index (χ0) is 16.1. The first kappa shape index (κ1) is 13.7. The molecule has 4 aromatic heterocycles. The summed E-state index contributed by atoms with van der Waals surface area (Å²) in [5.74, 6) is 2.14. The summed E-state index contributed by atoms with van der Waals surface area (Å²) >= 11 is 0. The average Bonchev–Trinajstić information content (AvgIpc) is 3.39. The van der Waals surface area contributed by atoms with Crippen LogP contribution in [0.15, 0.2) is 29.0 Å². The van der Waals surface area contributed by atoms with E-state index in [0.717, 1.165) is 28.9 Å². The molecule has 1 saturated carbocycles. The lowest BCUT2D eigenvalue weighted by molar-refractivity contribution is 0.478. The van der Waals surface area contributed by atoms with Crippen molar-refractivity contribution in [2.24, 2.45) is 0 Å². The van der Waals surface area contributed by atoms with Crippen LogP contribution >= 0.6 is 0 Å². The van der Waals surface area contributed by atoms with Crippen LogP contribution in [0.1, 0.15) is 44.5 Å². The molecule has 1 aliphatic rings. The van der Waals surface area contributed by atoms with E-state index >= 15 is 0 Å². The van der Waals surface area contributed by atoms with E-state index in [-0.39, 0.29) is 0 Å². The van der Waals surface area contributed by atoms with Gasteiger partial charge in [-0.2, -0.15) is 9.61 Å². The highest BCUT2D eigenvalue weighted by Gasteiger charge is 2.23. The summed E-state index contributed by atoms with van der Waals surface area (Å²) in [5.41, 5.74) is 1.72. The van der Waals surface area contributed by atoms with Gasteiger partial charge < -0.3 is 4.42 Å². The largest absolute Gasteiger partial charge is 0.461 e. The Balaban J connectivity index is 1.77. The minimum atomic E-state index is 0.453. The van der Waals surface area contributed by atoms with E-state index in [0.29, 0.717) is 17.6 Å². The minimum absolute atomic E-state index is 0.453. The maximum Gasteiger partial charge on any atom is 0.217 e. The first-order chi connectivity index (χ1) is 11.8. The number of hydrogen-bond donors (Lipinski definition) is 0. The van der Waals surface area contributed by atoms with Crippen molar-refractivity contribution in [2.45, 2.75) is 45.1 Å². The molecule has 0 atom stereocenters. The number of rotatable bonds is 3. The lowest BCUT2D eigenvalue weighted by atomic mass is 10.2. The molecular formula is C17H18N6O. The van der Waals surface area contributed by atoms with Crippen LogP contribution in [0.4, 0.5) is 0 Å². The highest BCUT2D eigenvalue weighted by Crippen LogP contribution is 2.32. The van der Waals surface area contributed by atoms with Gasteiger partial charge in [-0.05, 0) is 25.0 Å². The number of furan rings is 1. The third kappa shape index (κ3) is 1.90. The second kappa shape index (κ2) is 5.15. The smallest absolute Gasteiger partial charge is 0.217 e. The van der Waals surface area contributed by atoms with Gasteiger partial charge in [0.15, 0.2) is 17.1 Å². The normalized spacial score (nSPS) is 15.9. The van der Waals surface area contributed by atoms with Crippen molar-refractivity contribution in [3.05, 3.63) is 30.4 Å². The zero-order valence-corrected chi connectivity index (χ0v) is 13.5. The van der Waals surface area contributed by atoms with Crippen LogP contribution in [0.25, 0.3) is 28.3 Å². The fourth-order valence-electron chi connectivity index (χ4n) is 3.62. The zero-order valence-electron chi connectivity index (χ0n) is 13.5. The summed E-state index contributed by atoms with van der Waals surface area (Å²) in [6, 6.07) is 4.16. The Bertz CT molecular complexity index is 1010. The quantitative estimate of drug-likeness (QED) is 0.578. The van der Waals surface area contributed by atoms with Crippen molar-refractivity contribution < 1.29 is 4.42 Å². The van der Waals surface area contributed by atoms with E-state index in [1.807, 2.05) is 22.8 Å². The minimum Gasteiger partial charge on any atom is -0.461 e. The second-order valence-corrected chi connectivity index (χ2v) is 6.29. The molecule has 4 heterocycles. The van der Waals surface area contributed by atoms with Gasteiger partial charge in [0.1, 0.15) is 5.82 Å². The van der Waals surface area contributed by atoms with Crippen molar-refractivity contribution in [1.29, 1.82) is 0 Å². The molecule has 0 amide bonds. The SMILES string of the molecule is CCc1nc2c(cnn2C2CCCC2)c2nc(-c3ccco3)nn12. The first-order valence-electron chi connectivity index (χ1n) is 8.52. The third-order valence-electron chi connectivity index (χ3n) is 4.83. The summed E-state index contributed by atoms with van der Waals surface area (Å²) in [5, 5.41) is 10.2. The standard InChI is InChI=1S/C17H18N6O/c1-2-14-19-16-12(10-18-22(16)11-6-3-4-7-11)17-20-15(21-23(14)17)13-8-5-9-24-13/h5,8-11H,2-4,6-7H2,1H3.